The highest BCUT2D eigenvalue weighted by Crippen LogP contribution is 2.22. The maximum Gasteiger partial charge on any atom is 0.259 e. The van der Waals surface area contributed by atoms with Crippen LogP contribution in [0.4, 0.5) is 5.69 Å². The van der Waals surface area contributed by atoms with E-state index in [1.807, 2.05) is 50.2 Å². The van der Waals surface area contributed by atoms with Crippen molar-refractivity contribution in [1.82, 2.24) is 5.43 Å². The maximum absolute atomic E-state index is 12.0. The lowest BCUT2D eigenvalue weighted by molar-refractivity contribution is -0.119. The fraction of sp³-hybridized carbons (Fsp3) is 0.263. The zero-order valence-electron chi connectivity index (χ0n) is 14.7. The van der Waals surface area contributed by atoms with Gasteiger partial charge in [0.25, 0.3) is 5.91 Å². The Balaban J connectivity index is 2.01. The minimum absolute atomic E-state index is 0.0562. The van der Waals surface area contributed by atoms with Gasteiger partial charge in [0.2, 0.25) is 0 Å². The molecular formula is C19H23N3O3. The number of hydrogen-bond donors (Lipinski definition) is 3. The molecule has 1 amide bonds. The van der Waals surface area contributed by atoms with Crippen LogP contribution in [0.25, 0.3) is 0 Å². The van der Waals surface area contributed by atoms with Crippen molar-refractivity contribution in [3.8, 4) is 11.5 Å². The first-order valence-electron chi connectivity index (χ1n) is 8.07. The van der Waals surface area contributed by atoms with Crippen LogP contribution in [0.15, 0.2) is 47.6 Å². The van der Waals surface area contributed by atoms with Crippen LogP contribution in [0.1, 0.15) is 24.5 Å². The number of phenolic OH excluding ortho intramolecular Hbond substituents is 1. The molecule has 2 aromatic carbocycles. The van der Waals surface area contributed by atoms with E-state index >= 15 is 0 Å². The number of amides is 1. The monoisotopic (exact) mass is 341 g/mol. The van der Waals surface area contributed by atoms with Gasteiger partial charge in [-0.3, -0.25) is 4.79 Å². The first-order chi connectivity index (χ1) is 12.0. The molecule has 0 aliphatic heterocycles. The van der Waals surface area contributed by atoms with Crippen LogP contribution >= 0.6 is 0 Å². The minimum Gasteiger partial charge on any atom is -0.507 e. The Morgan fingerprint density at radius 2 is 2.00 bits per heavy atom. The number of nitrogens with one attached hydrogen (secondary N) is 2. The summed E-state index contributed by atoms with van der Waals surface area (Å²) in [6.45, 7) is 3.91. The summed E-state index contributed by atoms with van der Waals surface area (Å²) in [6.07, 6.45) is 0.581. The largest absolute Gasteiger partial charge is 0.507 e. The van der Waals surface area contributed by atoms with Crippen LogP contribution < -0.4 is 15.5 Å². The average molecular weight is 341 g/mol. The smallest absolute Gasteiger partial charge is 0.259 e. The molecule has 0 aromatic heterocycles. The third-order valence-electron chi connectivity index (χ3n) is 3.66. The molecule has 0 aliphatic carbocycles. The highest BCUT2D eigenvalue weighted by Gasteiger charge is 2.09. The molecule has 0 heterocycles. The first-order valence-corrected chi connectivity index (χ1v) is 8.07. The molecule has 0 saturated carbocycles. The molecular weight excluding hydrogens is 318 g/mol. The fourth-order valence-corrected chi connectivity index (χ4v) is 2.35. The van der Waals surface area contributed by atoms with Gasteiger partial charge in [-0.05, 0) is 37.6 Å². The van der Waals surface area contributed by atoms with E-state index in [1.165, 1.54) is 0 Å². The Bertz CT molecular complexity index is 772. The number of aryl methyl sites for hydroxylation is 1. The van der Waals surface area contributed by atoms with Gasteiger partial charge >= 0.3 is 0 Å². The fourth-order valence-electron chi connectivity index (χ4n) is 2.35. The van der Waals surface area contributed by atoms with E-state index in [0.29, 0.717) is 23.4 Å². The number of phenols is 1. The van der Waals surface area contributed by atoms with Gasteiger partial charge in [-0.2, -0.15) is 5.10 Å². The summed E-state index contributed by atoms with van der Waals surface area (Å²) in [7, 11) is 1.58. The van der Waals surface area contributed by atoms with E-state index in [9.17, 15) is 9.90 Å². The van der Waals surface area contributed by atoms with Gasteiger partial charge in [0.05, 0.1) is 25.1 Å². The predicted molar refractivity (Wildman–Crippen MR) is 99.3 cm³/mol. The van der Waals surface area contributed by atoms with Crippen LogP contribution in [0.5, 0.6) is 11.5 Å². The second kappa shape index (κ2) is 8.73. The molecule has 2 rings (SSSR count). The van der Waals surface area contributed by atoms with Crippen molar-refractivity contribution in [1.29, 1.82) is 0 Å². The number of rotatable bonds is 7. The lowest BCUT2D eigenvalue weighted by atomic mass is 10.0. The lowest BCUT2D eigenvalue weighted by Gasteiger charge is -2.11. The second-order valence-electron chi connectivity index (χ2n) is 5.52. The summed E-state index contributed by atoms with van der Waals surface area (Å²) < 4.78 is 5.23. The molecule has 0 aliphatic rings. The quantitative estimate of drug-likeness (QED) is 0.534. The van der Waals surface area contributed by atoms with Gasteiger partial charge in [0.15, 0.2) is 0 Å². The van der Waals surface area contributed by atoms with Crippen LogP contribution in [-0.2, 0) is 4.79 Å². The number of hydrogen-bond acceptors (Lipinski definition) is 5. The Morgan fingerprint density at radius 1 is 1.24 bits per heavy atom. The molecule has 0 radical (unpaired) electrons. The van der Waals surface area contributed by atoms with Crippen LogP contribution in [0.2, 0.25) is 0 Å². The number of para-hydroxylation sites is 2. The Hall–Kier alpha value is -3.02. The highest BCUT2D eigenvalue weighted by atomic mass is 16.5. The summed E-state index contributed by atoms with van der Waals surface area (Å²) >= 11 is 0. The molecule has 25 heavy (non-hydrogen) atoms. The number of aromatic hydroxyl groups is 1. The number of hydrazone groups is 1. The zero-order valence-corrected chi connectivity index (χ0v) is 14.7. The third-order valence-corrected chi connectivity index (χ3v) is 3.66. The molecule has 0 bridgehead atoms. The summed E-state index contributed by atoms with van der Waals surface area (Å²) in [5.41, 5.74) is 5.51. The van der Waals surface area contributed by atoms with Crippen molar-refractivity contribution >= 4 is 17.3 Å². The van der Waals surface area contributed by atoms with Crippen molar-refractivity contribution in [2.75, 3.05) is 19.0 Å². The van der Waals surface area contributed by atoms with E-state index in [1.54, 1.807) is 13.2 Å². The standard InChI is InChI=1S/C19H23N3O3/c1-4-15(14-11-13(2)9-10-17(14)23)21-22-19(24)12-20-16-7-5-6-8-18(16)25-3/h5-11,20,23H,4,12H2,1-3H3,(H,22,24)/b21-15+. The summed E-state index contributed by atoms with van der Waals surface area (Å²) in [5, 5.41) is 17.2. The molecule has 0 atom stereocenters. The van der Waals surface area contributed by atoms with E-state index in [0.717, 1.165) is 11.3 Å². The van der Waals surface area contributed by atoms with E-state index in [-0.39, 0.29) is 18.2 Å². The Morgan fingerprint density at radius 3 is 2.72 bits per heavy atom. The Labute approximate surface area is 147 Å². The van der Waals surface area contributed by atoms with Crippen molar-refractivity contribution in [3.05, 3.63) is 53.6 Å². The number of methoxy groups -OCH3 is 1. The molecule has 6 nitrogen and oxygen atoms in total. The lowest BCUT2D eigenvalue weighted by Crippen LogP contribution is -2.27. The summed E-state index contributed by atoms with van der Waals surface area (Å²) in [4.78, 5) is 12.0. The van der Waals surface area contributed by atoms with Crippen molar-refractivity contribution < 1.29 is 14.6 Å². The molecule has 0 saturated heterocycles. The minimum atomic E-state index is -0.288. The number of benzene rings is 2. The summed E-state index contributed by atoms with van der Waals surface area (Å²) in [6, 6.07) is 12.7. The van der Waals surface area contributed by atoms with Gasteiger partial charge < -0.3 is 15.2 Å². The molecule has 0 spiro atoms. The van der Waals surface area contributed by atoms with E-state index in [4.69, 9.17) is 4.74 Å². The topological polar surface area (TPSA) is 83.0 Å². The molecule has 6 heteroatoms. The van der Waals surface area contributed by atoms with Crippen molar-refractivity contribution in [3.63, 3.8) is 0 Å². The molecule has 3 N–H and O–H groups in total. The number of ether oxygens (including phenoxy) is 1. The number of carbonyl (C=O) groups is 1. The van der Waals surface area contributed by atoms with Crippen molar-refractivity contribution in [2.24, 2.45) is 5.10 Å². The number of anilines is 1. The number of nitrogens with zero attached hydrogens (tertiary/aromatic N) is 1. The van der Waals surface area contributed by atoms with E-state index in [2.05, 4.69) is 15.8 Å². The van der Waals surface area contributed by atoms with Crippen LogP contribution in [0, 0.1) is 6.92 Å². The van der Waals surface area contributed by atoms with E-state index < -0.39 is 0 Å². The third kappa shape index (κ3) is 4.97. The molecule has 0 unspecified atom stereocenters. The van der Waals surface area contributed by atoms with Crippen LogP contribution in [0.3, 0.4) is 0 Å². The number of carbonyl (C=O) groups excluding carboxylic acids is 1. The first kappa shape index (κ1) is 18.3. The van der Waals surface area contributed by atoms with Gasteiger partial charge in [-0.25, -0.2) is 5.43 Å². The van der Waals surface area contributed by atoms with Gasteiger partial charge in [-0.1, -0.05) is 30.7 Å². The molecule has 132 valence electrons. The molecule has 2 aromatic rings. The van der Waals surface area contributed by atoms with Crippen LogP contribution in [-0.4, -0.2) is 30.4 Å². The summed E-state index contributed by atoms with van der Waals surface area (Å²) in [5.74, 6) is 0.523. The van der Waals surface area contributed by atoms with Crippen molar-refractivity contribution in [2.45, 2.75) is 20.3 Å². The molecule has 0 fully saturated rings. The highest BCUT2D eigenvalue weighted by molar-refractivity contribution is 6.03. The zero-order chi connectivity index (χ0) is 18.2. The second-order valence-corrected chi connectivity index (χ2v) is 5.52. The predicted octanol–water partition coefficient (Wildman–Crippen LogP) is 3.05. The SMILES string of the molecule is CC/C(=N\NC(=O)CNc1ccccc1OC)c1cc(C)ccc1O. The van der Waals surface area contributed by atoms with Gasteiger partial charge in [0, 0.05) is 5.56 Å². The maximum atomic E-state index is 12.0. The Kier molecular flexibility index (Phi) is 6.39. The average Bonchev–Trinajstić information content (AvgIpc) is 2.63. The normalized spacial score (nSPS) is 11.1. The van der Waals surface area contributed by atoms with Gasteiger partial charge in [-0.15, -0.1) is 0 Å². The van der Waals surface area contributed by atoms with Gasteiger partial charge in [0.1, 0.15) is 11.5 Å².